The number of alkyl halides is 3. The van der Waals surface area contributed by atoms with Crippen LogP contribution < -0.4 is 9.47 Å². The van der Waals surface area contributed by atoms with Gasteiger partial charge in [-0.05, 0) is 29.3 Å². The quantitative estimate of drug-likeness (QED) is 0.294. The molecule has 0 aliphatic carbocycles. The van der Waals surface area contributed by atoms with Gasteiger partial charge in [0.25, 0.3) is 0 Å². The summed E-state index contributed by atoms with van der Waals surface area (Å²) in [6.07, 6.45) is -3.39. The topological polar surface area (TPSA) is 81.3 Å². The average Bonchev–Trinajstić information content (AvgIpc) is 3.34. The van der Waals surface area contributed by atoms with Crippen LogP contribution in [0.2, 0.25) is 0 Å². The Labute approximate surface area is 193 Å². The molecule has 1 N–H and O–H groups in total. The summed E-state index contributed by atoms with van der Waals surface area (Å²) in [7, 11) is 0. The number of ether oxygens (including phenoxy) is 2. The number of aromatic amines is 1. The average molecular weight is 468 g/mol. The van der Waals surface area contributed by atoms with Crippen LogP contribution in [-0.4, -0.2) is 28.9 Å². The van der Waals surface area contributed by atoms with Gasteiger partial charge in [-0.15, -0.1) is 0 Å². The largest absolute Gasteiger partial charge is 0.491 e. The standard InChI is InChI=1S/C24H17F3N2O3.CH2O/c25-24(26,27)23(30)32-21-9-5-4-8-19(21)16-10-12-17(13-11-16)20-14-28-22(29-20)15-31-18-6-2-1-3-7-18;1-2/h1-14H,15H2,(H,28,29);1H2. The van der Waals surface area contributed by atoms with Gasteiger partial charge in [-0.1, -0.05) is 60.7 Å². The Morgan fingerprint density at radius 1 is 0.882 bits per heavy atom. The molecule has 4 rings (SSSR count). The molecule has 3 aromatic carbocycles. The summed E-state index contributed by atoms with van der Waals surface area (Å²) < 4.78 is 47.9. The van der Waals surface area contributed by atoms with E-state index >= 15 is 0 Å². The summed E-state index contributed by atoms with van der Waals surface area (Å²) in [4.78, 5) is 26.7. The lowest BCUT2D eigenvalue weighted by Crippen LogP contribution is -2.28. The lowest BCUT2D eigenvalue weighted by Gasteiger charge is -2.12. The predicted molar refractivity (Wildman–Crippen MR) is 119 cm³/mol. The number of benzene rings is 3. The molecule has 34 heavy (non-hydrogen) atoms. The first-order valence-corrected chi connectivity index (χ1v) is 9.89. The van der Waals surface area contributed by atoms with Crippen LogP contribution >= 0.6 is 0 Å². The molecule has 0 aliphatic heterocycles. The van der Waals surface area contributed by atoms with E-state index in [9.17, 15) is 18.0 Å². The van der Waals surface area contributed by atoms with Crippen molar-refractivity contribution in [1.29, 1.82) is 0 Å². The van der Waals surface area contributed by atoms with Crippen molar-refractivity contribution in [3.63, 3.8) is 0 Å². The van der Waals surface area contributed by atoms with Crippen molar-refractivity contribution >= 4 is 12.8 Å². The minimum Gasteiger partial charge on any atom is -0.486 e. The zero-order valence-corrected chi connectivity index (χ0v) is 17.7. The Balaban J connectivity index is 0.00000158. The number of imidazole rings is 1. The Morgan fingerprint density at radius 2 is 1.50 bits per heavy atom. The van der Waals surface area contributed by atoms with Gasteiger partial charge >= 0.3 is 12.1 Å². The Kier molecular flexibility index (Phi) is 7.81. The summed E-state index contributed by atoms with van der Waals surface area (Å²) in [5, 5.41) is 0. The van der Waals surface area contributed by atoms with E-state index in [4.69, 9.17) is 9.53 Å². The molecule has 0 spiro atoms. The third-order valence-electron chi connectivity index (χ3n) is 4.58. The van der Waals surface area contributed by atoms with E-state index in [1.54, 1.807) is 42.6 Å². The number of hydrogen-bond donors (Lipinski definition) is 1. The molecule has 0 radical (unpaired) electrons. The van der Waals surface area contributed by atoms with Gasteiger partial charge in [0.15, 0.2) is 0 Å². The lowest BCUT2D eigenvalue weighted by atomic mass is 10.0. The first kappa shape index (κ1) is 24.2. The zero-order valence-electron chi connectivity index (χ0n) is 17.7. The predicted octanol–water partition coefficient (Wildman–Crippen LogP) is 5.61. The lowest BCUT2D eigenvalue weighted by molar-refractivity contribution is -0.189. The van der Waals surface area contributed by atoms with E-state index in [0.29, 0.717) is 17.0 Å². The van der Waals surface area contributed by atoms with E-state index in [1.165, 1.54) is 12.1 Å². The third kappa shape index (κ3) is 6.10. The fourth-order valence-corrected chi connectivity index (χ4v) is 3.03. The maximum Gasteiger partial charge on any atom is 0.491 e. The van der Waals surface area contributed by atoms with Crippen LogP contribution in [0.25, 0.3) is 22.4 Å². The number of nitrogens with zero attached hydrogens (tertiary/aromatic N) is 1. The Bertz CT molecular complexity index is 1220. The Hall–Kier alpha value is -4.40. The fourth-order valence-electron chi connectivity index (χ4n) is 3.03. The monoisotopic (exact) mass is 468 g/mol. The molecule has 1 aromatic heterocycles. The van der Waals surface area contributed by atoms with Crippen LogP contribution in [0, 0.1) is 0 Å². The van der Waals surface area contributed by atoms with E-state index in [2.05, 4.69) is 14.7 Å². The van der Waals surface area contributed by atoms with Crippen molar-refractivity contribution in [3.8, 4) is 33.9 Å². The molecule has 174 valence electrons. The second-order valence-electron chi connectivity index (χ2n) is 6.81. The molecule has 9 heteroatoms. The van der Waals surface area contributed by atoms with Crippen molar-refractivity contribution in [2.75, 3.05) is 0 Å². The number of nitrogens with one attached hydrogen (secondary N) is 1. The number of hydrogen-bond acceptors (Lipinski definition) is 5. The van der Waals surface area contributed by atoms with Gasteiger partial charge in [0.05, 0.1) is 11.9 Å². The molecule has 0 atom stereocenters. The number of para-hydroxylation sites is 2. The first-order valence-electron chi connectivity index (χ1n) is 9.89. The van der Waals surface area contributed by atoms with Gasteiger partial charge in [0.1, 0.15) is 30.7 Å². The summed E-state index contributed by atoms with van der Waals surface area (Å²) in [5.41, 5.74) is 2.57. The highest BCUT2D eigenvalue weighted by Gasteiger charge is 2.41. The zero-order chi connectivity index (χ0) is 24.6. The molecular weight excluding hydrogens is 449 g/mol. The number of carbonyl (C=O) groups is 2. The van der Waals surface area contributed by atoms with Gasteiger partial charge in [0, 0.05) is 5.56 Å². The fraction of sp³-hybridized carbons (Fsp3) is 0.0800. The summed E-state index contributed by atoms with van der Waals surface area (Å²) >= 11 is 0. The van der Waals surface area contributed by atoms with E-state index in [0.717, 1.165) is 17.0 Å². The van der Waals surface area contributed by atoms with Crippen LogP contribution in [0.3, 0.4) is 0 Å². The van der Waals surface area contributed by atoms with Crippen molar-refractivity contribution in [1.82, 2.24) is 9.97 Å². The Morgan fingerprint density at radius 3 is 2.18 bits per heavy atom. The number of aromatic nitrogens is 2. The second-order valence-corrected chi connectivity index (χ2v) is 6.81. The van der Waals surface area contributed by atoms with Crippen LogP contribution in [0.15, 0.2) is 85.1 Å². The van der Waals surface area contributed by atoms with E-state index < -0.39 is 12.1 Å². The van der Waals surface area contributed by atoms with Gasteiger partial charge in [-0.25, -0.2) is 9.78 Å². The molecule has 0 amide bonds. The SMILES string of the molecule is C=O.O=C(Oc1ccccc1-c1ccc(-c2cnc(COc3ccccc3)[nH]2)cc1)C(F)(F)F. The second kappa shape index (κ2) is 11.0. The van der Waals surface area contributed by atoms with Crippen molar-refractivity contribution in [2.45, 2.75) is 12.8 Å². The summed E-state index contributed by atoms with van der Waals surface area (Å²) in [6.45, 7) is 2.28. The number of rotatable bonds is 6. The van der Waals surface area contributed by atoms with Gasteiger partial charge in [-0.2, -0.15) is 13.2 Å². The maximum absolute atomic E-state index is 12.6. The molecule has 4 aromatic rings. The number of esters is 1. The normalized spacial score (nSPS) is 10.7. The van der Waals surface area contributed by atoms with Crippen molar-refractivity contribution in [2.24, 2.45) is 0 Å². The molecule has 0 saturated heterocycles. The van der Waals surface area contributed by atoms with Crippen molar-refractivity contribution in [3.05, 3.63) is 90.9 Å². The van der Waals surface area contributed by atoms with E-state index in [1.807, 2.05) is 37.1 Å². The number of halogens is 3. The minimum atomic E-state index is -5.07. The van der Waals surface area contributed by atoms with Gasteiger partial charge in [0.2, 0.25) is 0 Å². The molecule has 0 unspecified atom stereocenters. The summed E-state index contributed by atoms with van der Waals surface area (Å²) in [5.74, 6) is -1.04. The van der Waals surface area contributed by atoms with Crippen LogP contribution in [-0.2, 0) is 16.2 Å². The van der Waals surface area contributed by atoms with Crippen LogP contribution in [0.1, 0.15) is 5.82 Å². The highest BCUT2D eigenvalue weighted by molar-refractivity contribution is 5.82. The highest BCUT2D eigenvalue weighted by atomic mass is 19.4. The highest BCUT2D eigenvalue weighted by Crippen LogP contribution is 2.32. The number of H-pyrrole nitrogens is 1. The van der Waals surface area contributed by atoms with Crippen molar-refractivity contribution < 1.29 is 32.2 Å². The number of carbonyl (C=O) groups excluding carboxylic acids is 2. The minimum absolute atomic E-state index is 0.163. The first-order chi connectivity index (χ1) is 16.4. The summed E-state index contributed by atoms with van der Waals surface area (Å²) in [6, 6.07) is 22.5. The molecular formula is C25H19F3N2O4. The molecule has 1 heterocycles. The van der Waals surface area contributed by atoms with Gasteiger partial charge in [-0.3, -0.25) is 0 Å². The molecule has 0 aliphatic rings. The van der Waals surface area contributed by atoms with E-state index in [-0.39, 0.29) is 12.4 Å². The molecule has 6 nitrogen and oxygen atoms in total. The molecule has 0 bridgehead atoms. The molecule has 0 saturated carbocycles. The molecule has 0 fully saturated rings. The van der Waals surface area contributed by atoms with Gasteiger partial charge < -0.3 is 19.3 Å². The smallest absolute Gasteiger partial charge is 0.486 e. The maximum atomic E-state index is 12.6. The third-order valence-corrected chi connectivity index (χ3v) is 4.58. The van der Waals surface area contributed by atoms with Crippen LogP contribution in [0.5, 0.6) is 11.5 Å². The van der Waals surface area contributed by atoms with Crippen LogP contribution in [0.4, 0.5) is 13.2 Å².